The number of aliphatic hydroxyl groups is 1. The lowest BCUT2D eigenvalue weighted by Gasteiger charge is -2.25. The summed E-state index contributed by atoms with van der Waals surface area (Å²) >= 11 is 3.32. The van der Waals surface area contributed by atoms with Crippen LogP contribution in [0.1, 0.15) is 17.2 Å². The van der Waals surface area contributed by atoms with E-state index in [1.54, 1.807) is 18.2 Å². The number of aliphatic hydroxyl groups excluding tert-OH is 1. The molecule has 0 saturated carbocycles. The van der Waals surface area contributed by atoms with Crippen LogP contribution >= 0.6 is 15.9 Å². The minimum atomic E-state index is -1.15. The molecule has 6 nitrogen and oxygen atoms in total. The first-order chi connectivity index (χ1) is 15.3. The van der Waals surface area contributed by atoms with Gasteiger partial charge in [0.2, 0.25) is 0 Å². The highest BCUT2D eigenvalue weighted by molar-refractivity contribution is 9.10. The SMILES string of the molecule is COc1ccc(/C(O)=C2\C(=O)C(=O)N(c3ccc(F)cc3F)C2c2ccncc2)cc1Br. The van der Waals surface area contributed by atoms with E-state index in [-0.39, 0.29) is 16.8 Å². The summed E-state index contributed by atoms with van der Waals surface area (Å²) in [6.07, 6.45) is 2.89. The van der Waals surface area contributed by atoms with E-state index < -0.39 is 35.1 Å². The summed E-state index contributed by atoms with van der Waals surface area (Å²) in [5.41, 5.74) is 0.138. The summed E-state index contributed by atoms with van der Waals surface area (Å²) in [4.78, 5) is 30.8. The molecule has 1 aliphatic rings. The number of benzene rings is 2. The average Bonchev–Trinajstić information content (AvgIpc) is 3.04. The van der Waals surface area contributed by atoms with Crippen LogP contribution in [0.3, 0.4) is 0 Å². The molecule has 2 heterocycles. The molecule has 162 valence electrons. The van der Waals surface area contributed by atoms with Crippen LogP contribution in [-0.2, 0) is 9.59 Å². The Morgan fingerprint density at radius 1 is 1.09 bits per heavy atom. The van der Waals surface area contributed by atoms with Gasteiger partial charge in [-0.05, 0) is 64.0 Å². The fraction of sp³-hybridized carbons (Fsp3) is 0.0870. The smallest absolute Gasteiger partial charge is 0.300 e. The summed E-state index contributed by atoms with van der Waals surface area (Å²) in [6.45, 7) is 0. The van der Waals surface area contributed by atoms with Gasteiger partial charge in [0.25, 0.3) is 11.7 Å². The Morgan fingerprint density at radius 2 is 1.81 bits per heavy atom. The quantitative estimate of drug-likeness (QED) is 0.317. The highest BCUT2D eigenvalue weighted by atomic mass is 79.9. The molecule has 3 aromatic rings. The third-order valence-corrected chi connectivity index (χ3v) is 5.68. The minimum Gasteiger partial charge on any atom is -0.507 e. The maximum Gasteiger partial charge on any atom is 0.300 e. The first kappa shape index (κ1) is 21.6. The van der Waals surface area contributed by atoms with Gasteiger partial charge in [-0.2, -0.15) is 0 Å². The van der Waals surface area contributed by atoms with Gasteiger partial charge in [0, 0.05) is 24.0 Å². The topological polar surface area (TPSA) is 79.7 Å². The first-order valence-corrected chi connectivity index (χ1v) is 10.1. The van der Waals surface area contributed by atoms with Crippen molar-refractivity contribution < 1.29 is 28.2 Å². The largest absolute Gasteiger partial charge is 0.507 e. The molecular formula is C23H15BrF2N2O4. The summed E-state index contributed by atoms with van der Waals surface area (Å²) < 4.78 is 33.8. The van der Waals surface area contributed by atoms with E-state index in [1.165, 1.54) is 31.6 Å². The summed E-state index contributed by atoms with van der Waals surface area (Å²) in [5.74, 6) is -3.84. The molecule has 4 rings (SSSR count). The van der Waals surface area contributed by atoms with Crippen LogP contribution < -0.4 is 9.64 Å². The normalized spacial score (nSPS) is 17.6. The summed E-state index contributed by atoms with van der Waals surface area (Å²) in [5, 5.41) is 11.1. The minimum absolute atomic E-state index is 0.234. The van der Waals surface area contributed by atoms with Crippen LogP contribution in [0.4, 0.5) is 14.5 Å². The van der Waals surface area contributed by atoms with Gasteiger partial charge in [0.05, 0.1) is 28.9 Å². The Balaban J connectivity index is 1.95. The van der Waals surface area contributed by atoms with E-state index in [0.29, 0.717) is 21.9 Å². The molecule has 1 fully saturated rings. The van der Waals surface area contributed by atoms with Gasteiger partial charge in [-0.1, -0.05) is 0 Å². The fourth-order valence-electron chi connectivity index (χ4n) is 3.59. The van der Waals surface area contributed by atoms with Crippen molar-refractivity contribution in [3.8, 4) is 5.75 Å². The molecular weight excluding hydrogens is 486 g/mol. The van der Waals surface area contributed by atoms with Gasteiger partial charge < -0.3 is 9.84 Å². The molecule has 32 heavy (non-hydrogen) atoms. The van der Waals surface area contributed by atoms with Crippen LogP contribution in [0.2, 0.25) is 0 Å². The molecule has 1 unspecified atom stereocenters. The maximum atomic E-state index is 14.6. The zero-order valence-corrected chi connectivity index (χ0v) is 18.1. The number of ketones is 1. The van der Waals surface area contributed by atoms with Crippen molar-refractivity contribution >= 4 is 39.1 Å². The number of pyridine rings is 1. The number of rotatable bonds is 4. The monoisotopic (exact) mass is 500 g/mol. The lowest BCUT2D eigenvalue weighted by molar-refractivity contribution is -0.132. The van der Waals surface area contributed by atoms with Crippen molar-refractivity contribution in [1.29, 1.82) is 0 Å². The number of hydrogen-bond acceptors (Lipinski definition) is 5. The number of nitrogens with zero attached hydrogens (tertiary/aromatic N) is 2. The van der Waals surface area contributed by atoms with E-state index in [0.717, 1.165) is 17.0 Å². The van der Waals surface area contributed by atoms with Crippen LogP contribution in [0.15, 0.2) is 71.0 Å². The number of ether oxygens (including phenoxy) is 1. The Kier molecular flexibility index (Phi) is 5.75. The number of anilines is 1. The van der Waals surface area contributed by atoms with Gasteiger partial charge >= 0.3 is 0 Å². The lowest BCUT2D eigenvalue weighted by atomic mass is 9.95. The first-order valence-electron chi connectivity index (χ1n) is 9.33. The number of carbonyl (C=O) groups is 2. The van der Waals surface area contributed by atoms with E-state index in [2.05, 4.69) is 20.9 Å². The third kappa shape index (κ3) is 3.64. The van der Waals surface area contributed by atoms with Gasteiger partial charge in [0.15, 0.2) is 0 Å². The second kappa shape index (κ2) is 8.51. The van der Waals surface area contributed by atoms with Gasteiger partial charge in [-0.25, -0.2) is 8.78 Å². The second-order valence-corrected chi connectivity index (χ2v) is 7.75. The molecule has 0 spiro atoms. The average molecular weight is 501 g/mol. The molecule has 1 aliphatic heterocycles. The van der Waals surface area contributed by atoms with Crippen LogP contribution in [0.5, 0.6) is 5.75 Å². The molecule has 9 heteroatoms. The third-order valence-electron chi connectivity index (χ3n) is 5.06. The van der Waals surface area contributed by atoms with Crippen molar-refractivity contribution in [2.75, 3.05) is 12.0 Å². The highest BCUT2D eigenvalue weighted by Gasteiger charge is 2.47. The Labute approximate surface area is 189 Å². The van der Waals surface area contributed by atoms with Crippen LogP contribution in [0.25, 0.3) is 5.76 Å². The van der Waals surface area contributed by atoms with Crippen molar-refractivity contribution in [3.05, 3.63) is 93.7 Å². The lowest BCUT2D eigenvalue weighted by Crippen LogP contribution is -2.30. The molecule has 0 bridgehead atoms. The van der Waals surface area contributed by atoms with Crippen molar-refractivity contribution in [2.24, 2.45) is 0 Å². The predicted molar refractivity (Wildman–Crippen MR) is 116 cm³/mol. The van der Waals surface area contributed by atoms with Crippen LogP contribution in [0, 0.1) is 11.6 Å². The molecule has 1 saturated heterocycles. The molecule has 1 amide bonds. The van der Waals surface area contributed by atoms with Gasteiger partial charge in [-0.3, -0.25) is 19.5 Å². The van der Waals surface area contributed by atoms with Crippen molar-refractivity contribution in [2.45, 2.75) is 6.04 Å². The van der Waals surface area contributed by atoms with E-state index >= 15 is 0 Å². The molecule has 0 radical (unpaired) electrons. The molecule has 2 aromatic carbocycles. The zero-order chi connectivity index (χ0) is 23.0. The standard InChI is InChI=1S/C23H15BrF2N2O4/c1-32-18-5-2-13(10-15(18)24)21(29)19-20(12-6-8-27-9-7-12)28(23(31)22(19)30)17-4-3-14(25)11-16(17)26/h2-11,20,29H,1H3/b21-19+. The second-order valence-electron chi connectivity index (χ2n) is 6.89. The van der Waals surface area contributed by atoms with Gasteiger partial charge in [-0.15, -0.1) is 0 Å². The van der Waals surface area contributed by atoms with Crippen molar-refractivity contribution in [3.63, 3.8) is 0 Å². The number of hydrogen-bond donors (Lipinski definition) is 1. The maximum absolute atomic E-state index is 14.6. The number of halogens is 3. The van der Waals surface area contributed by atoms with Crippen molar-refractivity contribution in [1.82, 2.24) is 4.98 Å². The zero-order valence-electron chi connectivity index (χ0n) is 16.6. The summed E-state index contributed by atoms with van der Waals surface area (Å²) in [7, 11) is 1.48. The number of aromatic nitrogens is 1. The number of methoxy groups -OCH3 is 1. The Morgan fingerprint density at radius 3 is 2.44 bits per heavy atom. The van der Waals surface area contributed by atoms with E-state index in [1.807, 2.05) is 0 Å². The molecule has 1 atom stereocenters. The Bertz CT molecular complexity index is 1260. The highest BCUT2D eigenvalue weighted by Crippen LogP contribution is 2.43. The predicted octanol–water partition coefficient (Wildman–Crippen LogP) is 4.76. The number of Topliss-reactive ketones (excluding diaryl/α,β-unsaturated/α-hetero) is 1. The molecule has 1 aromatic heterocycles. The van der Waals surface area contributed by atoms with Crippen LogP contribution in [-0.4, -0.2) is 28.9 Å². The molecule has 0 aliphatic carbocycles. The number of carbonyl (C=O) groups excluding carboxylic acids is 2. The molecule has 1 N–H and O–H groups in total. The Hall–Kier alpha value is -3.59. The fourth-order valence-corrected chi connectivity index (χ4v) is 4.13. The summed E-state index contributed by atoms with van der Waals surface area (Å²) in [6, 6.07) is 9.26. The number of amides is 1. The van der Waals surface area contributed by atoms with E-state index in [9.17, 15) is 23.5 Å². The van der Waals surface area contributed by atoms with Gasteiger partial charge in [0.1, 0.15) is 23.1 Å². The van der Waals surface area contributed by atoms with E-state index in [4.69, 9.17) is 4.74 Å².